The summed E-state index contributed by atoms with van der Waals surface area (Å²) in [7, 11) is 4.50. The van der Waals surface area contributed by atoms with Gasteiger partial charge in [-0.05, 0) is 30.5 Å². The number of benzene rings is 2. The van der Waals surface area contributed by atoms with E-state index in [0.717, 1.165) is 0 Å². The van der Waals surface area contributed by atoms with Gasteiger partial charge in [0.1, 0.15) is 11.5 Å². The lowest BCUT2D eigenvalue weighted by Crippen LogP contribution is -2.17. The van der Waals surface area contributed by atoms with Gasteiger partial charge in [-0.15, -0.1) is 0 Å². The molecule has 2 aromatic carbocycles. The Balaban J connectivity index is 1.98. The van der Waals surface area contributed by atoms with Crippen molar-refractivity contribution in [3.05, 3.63) is 54.1 Å². The number of amides is 1. The number of nitrogens with zero attached hydrogens (tertiary/aromatic N) is 2. The lowest BCUT2D eigenvalue weighted by Gasteiger charge is -2.15. The van der Waals surface area contributed by atoms with E-state index >= 15 is 0 Å². The first-order valence-electron chi connectivity index (χ1n) is 8.51. The molecule has 0 spiro atoms. The van der Waals surface area contributed by atoms with Crippen LogP contribution >= 0.6 is 11.8 Å². The molecule has 7 nitrogen and oxygen atoms in total. The first-order valence-corrected chi connectivity index (χ1v) is 9.73. The highest BCUT2D eigenvalue weighted by Gasteiger charge is 2.20. The van der Waals surface area contributed by atoms with Gasteiger partial charge in [-0.25, -0.2) is 9.37 Å². The van der Waals surface area contributed by atoms with E-state index < -0.39 is 5.91 Å². The van der Waals surface area contributed by atoms with Crippen LogP contribution in [0.15, 0.2) is 47.8 Å². The summed E-state index contributed by atoms with van der Waals surface area (Å²) in [5.74, 6) is 0.506. The highest BCUT2D eigenvalue weighted by molar-refractivity contribution is 7.98. The quantitative estimate of drug-likeness (QED) is 0.586. The molecule has 0 atom stereocenters. The molecule has 29 heavy (non-hydrogen) atoms. The highest BCUT2D eigenvalue weighted by Crippen LogP contribution is 2.40. The van der Waals surface area contributed by atoms with E-state index in [1.807, 2.05) is 6.26 Å². The molecule has 1 amide bonds. The topological polar surface area (TPSA) is 74.6 Å². The number of methoxy groups -OCH3 is 3. The van der Waals surface area contributed by atoms with Gasteiger partial charge < -0.3 is 19.5 Å². The van der Waals surface area contributed by atoms with Crippen LogP contribution in [0.4, 0.5) is 10.1 Å². The summed E-state index contributed by atoms with van der Waals surface area (Å²) in [6.07, 6.45) is 3.33. The Morgan fingerprint density at radius 1 is 1.07 bits per heavy atom. The number of carbonyl (C=O) groups is 1. The number of ether oxygens (including phenoxy) is 3. The summed E-state index contributed by atoms with van der Waals surface area (Å²) >= 11 is 1.38. The number of halogens is 1. The average molecular weight is 417 g/mol. The molecule has 1 aromatic heterocycles. The number of nitrogens with one attached hydrogen (secondary N) is 1. The summed E-state index contributed by atoms with van der Waals surface area (Å²) in [6.45, 7) is 0. The summed E-state index contributed by atoms with van der Waals surface area (Å²) in [5.41, 5.74) is 1.39. The summed E-state index contributed by atoms with van der Waals surface area (Å²) in [6, 6.07) is 9.11. The highest BCUT2D eigenvalue weighted by atomic mass is 32.2. The van der Waals surface area contributed by atoms with Crippen molar-refractivity contribution in [2.45, 2.75) is 5.16 Å². The maximum atomic E-state index is 13.3. The van der Waals surface area contributed by atoms with Gasteiger partial charge >= 0.3 is 0 Å². The van der Waals surface area contributed by atoms with Gasteiger partial charge in [0.2, 0.25) is 5.75 Å². The molecule has 0 fully saturated rings. The van der Waals surface area contributed by atoms with E-state index in [9.17, 15) is 9.18 Å². The fourth-order valence-corrected chi connectivity index (χ4v) is 3.37. The van der Waals surface area contributed by atoms with Crippen LogP contribution in [0.5, 0.6) is 17.2 Å². The first kappa shape index (κ1) is 20.5. The van der Waals surface area contributed by atoms with Gasteiger partial charge in [0.25, 0.3) is 5.91 Å². The van der Waals surface area contributed by atoms with Crippen LogP contribution in [0.3, 0.4) is 0 Å². The fourth-order valence-electron chi connectivity index (χ4n) is 2.83. The number of hydrogen-bond donors (Lipinski definition) is 1. The zero-order valence-electron chi connectivity index (χ0n) is 16.4. The Bertz CT molecular complexity index is 996. The van der Waals surface area contributed by atoms with Crippen molar-refractivity contribution in [3.63, 3.8) is 0 Å². The molecule has 0 radical (unpaired) electrons. The maximum absolute atomic E-state index is 13.3. The standard InChI is InChI=1S/C20H20FN3O4S/c1-26-16-9-13(10-17(27-2)18(16)28-3)23-19(25)15-11-22-20(29-4)24(15)14-7-5-12(21)6-8-14/h5-11H,1-4H3,(H,23,25). The molecular formula is C20H20FN3O4S. The van der Waals surface area contributed by atoms with E-state index in [-0.39, 0.29) is 5.82 Å². The molecule has 9 heteroatoms. The predicted molar refractivity (Wildman–Crippen MR) is 109 cm³/mol. The van der Waals surface area contributed by atoms with Crippen molar-refractivity contribution in [1.82, 2.24) is 9.55 Å². The van der Waals surface area contributed by atoms with Gasteiger partial charge in [0.15, 0.2) is 16.7 Å². The van der Waals surface area contributed by atoms with E-state index in [4.69, 9.17) is 14.2 Å². The summed E-state index contributed by atoms with van der Waals surface area (Å²) in [5, 5.41) is 3.42. The molecule has 0 aliphatic carbocycles. The van der Waals surface area contributed by atoms with Crippen molar-refractivity contribution in [3.8, 4) is 22.9 Å². The largest absolute Gasteiger partial charge is 0.493 e. The third kappa shape index (κ3) is 4.14. The number of anilines is 1. The van der Waals surface area contributed by atoms with Crippen molar-refractivity contribution in [2.75, 3.05) is 32.9 Å². The second-order valence-electron chi connectivity index (χ2n) is 5.81. The number of carbonyl (C=O) groups excluding carboxylic acids is 1. The molecule has 152 valence electrons. The minimum absolute atomic E-state index is 0.301. The molecule has 0 aliphatic rings. The fraction of sp³-hybridized carbons (Fsp3) is 0.200. The smallest absolute Gasteiger partial charge is 0.274 e. The van der Waals surface area contributed by atoms with E-state index in [0.29, 0.717) is 39.5 Å². The second-order valence-corrected chi connectivity index (χ2v) is 6.58. The lowest BCUT2D eigenvalue weighted by molar-refractivity contribution is 0.102. The Kier molecular flexibility index (Phi) is 6.28. The monoisotopic (exact) mass is 417 g/mol. The van der Waals surface area contributed by atoms with Crippen LogP contribution in [0.25, 0.3) is 5.69 Å². The summed E-state index contributed by atoms with van der Waals surface area (Å²) < 4.78 is 30.9. The number of rotatable bonds is 7. The molecule has 0 bridgehead atoms. The van der Waals surface area contributed by atoms with Crippen LogP contribution in [-0.2, 0) is 0 Å². The molecule has 1 N–H and O–H groups in total. The second kappa shape index (κ2) is 8.87. The van der Waals surface area contributed by atoms with E-state index in [1.165, 1.54) is 51.4 Å². The third-order valence-corrected chi connectivity index (χ3v) is 4.81. The number of aromatic nitrogens is 2. The zero-order chi connectivity index (χ0) is 21.0. The number of thioether (sulfide) groups is 1. The number of imidazole rings is 1. The van der Waals surface area contributed by atoms with Crippen molar-refractivity contribution < 1.29 is 23.4 Å². The molecule has 0 unspecified atom stereocenters. The Labute approximate surface area is 171 Å². The lowest BCUT2D eigenvalue weighted by atomic mass is 10.2. The first-order chi connectivity index (χ1) is 14.0. The molecule has 3 aromatic rings. The maximum Gasteiger partial charge on any atom is 0.274 e. The summed E-state index contributed by atoms with van der Waals surface area (Å²) in [4.78, 5) is 17.3. The van der Waals surface area contributed by atoms with Crippen LogP contribution in [0, 0.1) is 5.82 Å². The van der Waals surface area contributed by atoms with Crippen LogP contribution in [0.2, 0.25) is 0 Å². The van der Waals surface area contributed by atoms with Gasteiger partial charge in [0, 0.05) is 23.5 Å². The van der Waals surface area contributed by atoms with Gasteiger partial charge in [-0.1, -0.05) is 11.8 Å². The van der Waals surface area contributed by atoms with Crippen LogP contribution < -0.4 is 19.5 Å². The van der Waals surface area contributed by atoms with Crippen molar-refractivity contribution in [1.29, 1.82) is 0 Å². The van der Waals surface area contributed by atoms with Crippen LogP contribution in [0.1, 0.15) is 10.5 Å². The Morgan fingerprint density at radius 2 is 1.69 bits per heavy atom. The molecule has 0 saturated heterocycles. The van der Waals surface area contributed by atoms with E-state index in [1.54, 1.807) is 28.8 Å². The third-order valence-electron chi connectivity index (χ3n) is 4.15. The van der Waals surface area contributed by atoms with Crippen LogP contribution in [-0.4, -0.2) is 43.0 Å². The van der Waals surface area contributed by atoms with Crippen molar-refractivity contribution in [2.24, 2.45) is 0 Å². The average Bonchev–Trinajstić information content (AvgIpc) is 3.17. The SMILES string of the molecule is COc1cc(NC(=O)c2cnc(SC)n2-c2ccc(F)cc2)cc(OC)c1OC. The normalized spacial score (nSPS) is 10.5. The predicted octanol–water partition coefficient (Wildman–Crippen LogP) is 4.01. The Morgan fingerprint density at radius 3 is 2.21 bits per heavy atom. The van der Waals surface area contributed by atoms with Gasteiger partial charge in [-0.2, -0.15) is 0 Å². The zero-order valence-corrected chi connectivity index (χ0v) is 17.2. The van der Waals surface area contributed by atoms with E-state index in [2.05, 4.69) is 10.3 Å². The molecule has 0 aliphatic heterocycles. The van der Waals surface area contributed by atoms with Crippen molar-refractivity contribution >= 4 is 23.4 Å². The molecule has 0 saturated carbocycles. The van der Waals surface area contributed by atoms with Gasteiger partial charge in [-0.3, -0.25) is 9.36 Å². The Hall–Kier alpha value is -3.20. The number of hydrogen-bond acceptors (Lipinski definition) is 6. The molecule has 3 rings (SSSR count). The van der Waals surface area contributed by atoms with Gasteiger partial charge in [0.05, 0.1) is 27.5 Å². The molecule has 1 heterocycles. The minimum Gasteiger partial charge on any atom is -0.493 e. The molecular weight excluding hydrogens is 397 g/mol. The minimum atomic E-state index is -0.392.